The molecule has 0 heterocycles. The molecule has 0 radical (unpaired) electrons. The molecule has 7 heteroatoms. The van der Waals surface area contributed by atoms with Crippen LogP contribution in [-0.2, 0) is 14.3 Å². The Morgan fingerprint density at radius 2 is 1.61 bits per heavy atom. The van der Waals surface area contributed by atoms with Gasteiger partial charge in [-0.1, -0.05) is 37.0 Å². The first kappa shape index (κ1) is 24.8. The van der Waals surface area contributed by atoms with E-state index in [1.165, 1.54) is 37.8 Å². The van der Waals surface area contributed by atoms with Gasteiger partial charge in [0, 0.05) is 19.8 Å². The van der Waals surface area contributed by atoms with E-state index in [-0.39, 0.29) is 11.5 Å². The molecule has 0 spiro atoms. The molecule has 1 fully saturated rings. The molecule has 0 bridgehead atoms. The number of hydrogen-bond donors (Lipinski definition) is 0. The van der Waals surface area contributed by atoms with Gasteiger partial charge in [-0.15, -0.1) is 0 Å². The standard InChI is InChI=1S/C15H21N3.C9H12O3S/c1-18(2)15-10-8-14(9-11-15)17-12-16-13-6-4-3-5-7-13;1-3-12-13(10,11)9-6-4-8(2)5-7-9/h8-11,13H,3-7H2,1-2H3;4-7H,3H2,1-2H3. The van der Waals surface area contributed by atoms with Crippen LogP contribution in [0.25, 0.3) is 0 Å². The highest BCUT2D eigenvalue weighted by Gasteiger charge is 2.13. The largest absolute Gasteiger partial charge is 0.378 e. The van der Waals surface area contributed by atoms with E-state index in [2.05, 4.69) is 37.2 Å². The molecule has 3 rings (SSSR count). The molecule has 0 atom stereocenters. The lowest BCUT2D eigenvalue weighted by Gasteiger charge is -2.15. The molecule has 0 aliphatic heterocycles. The number of anilines is 1. The lowest BCUT2D eigenvalue weighted by atomic mass is 9.96. The zero-order valence-electron chi connectivity index (χ0n) is 18.9. The molecule has 2 aromatic rings. The smallest absolute Gasteiger partial charge is 0.296 e. The first-order valence-electron chi connectivity index (χ1n) is 10.7. The van der Waals surface area contributed by atoms with Gasteiger partial charge in [-0.2, -0.15) is 13.4 Å². The Bertz CT molecular complexity index is 956. The van der Waals surface area contributed by atoms with Crippen molar-refractivity contribution in [2.24, 2.45) is 9.98 Å². The van der Waals surface area contributed by atoms with Gasteiger partial charge in [-0.05, 0) is 63.1 Å². The van der Waals surface area contributed by atoms with E-state index < -0.39 is 10.1 Å². The maximum Gasteiger partial charge on any atom is 0.296 e. The number of hydrogen-bond acceptors (Lipinski definition) is 6. The van der Waals surface area contributed by atoms with Crippen molar-refractivity contribution in [2.45, 2.75) is 56.9 Å². The molecule has 0 unspecified atom stereocenters. The maximum atomic E-state index is 11.3. The third kappa shape index (κ3) is 8.66. The normalized spacial score (nSPS) is 14.1. The van der Waals surface area contributed by atoms with E-state index in [1.54, 1.807) is 31.2 Å². The van der Waals surface area contributed by atoms with Crippen LogP contribution in [0.3, 0.4) is 0 Å². The van der Waals surface area contributed by atoms with Crippen LogP contribution in [0, 0.1) is 6.92 Å². The molecule has 0 aromatic heterocycles. The second-order valence-electron chi connectivity index (χ2n) is 7.72. The van der Waals surface area contributed by atoms with Gasteiger partial charge in [0.05, 0.1) is 29.2 Å². The van der Waals surface area contributed by atoms with E-state index in [1.807, 2.05) is 33.2 Å². The Kier molecular flexibility index (Phi) is 9.92. The molecular formula is C24H33N3O3S. The van der Waals surface area contributed by atoms with E-state index in [9.17, 15) is 8.42 Å². The molecule has 1 saturated carbocycles. The van der Waals surface area contributed by atoms with Crippen LogP contribution in [0.2, 0.25) is 0 Å². The van der Waals surface area contributed by atoms with Crippen LogP contribution in [0.5, 0.6) is 0 Å². The van der Waals surface area contributed by atoms with Crippen molar-refractivity contribution in [1.29, 1.82) is 0 Å². The number of rotatable bonds is 6. The van der Waals surface area contributed by atoms with Gasteiger partial charge in [0.25, 0.3) is 10.1 Å². The molecule has 1 aliphatic rings. The van der Waals surface area contributed by atoms with Gasteiger partial charge >= 0.3 is 0 Å². The van der Waals surface area contributed by atoms with Crippen LogP contribution in [0.1, 0.15) is 44.6 Å². The molecular weight excluding hydrogens is 410 g/mol. The molecule has 2 aromatic carbocycles. The fraction of sp³-hybridized carbons (Fsp3) is 0.458. The predicted molar refractivity (Wildman–Crippen MR) is 127 cm³/mol. The maximum absolute atomic E-state index is 11.3. The van der Waals surface area contributed by atoms with Gasteiger partial charge in [0.15, 0.2) is 0 Å². The van der Waals surface area contributed by atoms with Gasteiger partial charge < -0.3 is 4.90 Å². The fourth-order valence-corrected chi connectivity index (χ4v) is 4.05. The van der Waals surface area contributed by atoms with Gasteiger partial charge in [0.2, 0.25) is 0 Å². The number of aliphatic imine (C=N–C) groups is 2. The average Bonchev–Trinajstić information content (AvgIpc) is 2.76. The van der Waals surface area contributed by atoms with Crippen LogP contribution in [0.4, 0.5) is 11.4 Å². The fourth-order valence-electron chi connectivity index (χ4n) is 3.13. The SMILES string of the molecule is CCOS(=O)(=O)c1ccc(C)cc1.CN(C)c1ccc(N=C=NC2CCCCC2)cc1. The van der Waals surface area contributed by atoms with Crippen molar-refractivity contribution < 1.29 is 12.6 Å². The third-order valence-corrected chi connectivity index (χ3v) is 6.34. The molecule has 6 nitrogen and oxygen atoms in total. The monoisotopic (exact) mass is 443 g/mol. The zero-order valence-corrected chi connectivity index (χ0v) is 19.7. The summed E-state index contributed by atoms with van der Waals surface area (Å²) in [7, 11) is 0.534. The van der Waals surface area contributed by atoms with Crippen LogP contribution in [-0.4, -0.2) is 41.2 Å². The van der Waals surface area contributed by atoms with E-state index in [0.717, 1.165) is 11.3 Å². The van der Waals surface area contributed by atoms with Crippen LogP contribution in [0.15, 0.2) is 63.4 Å². The highest BCUT2D eigenvalue weighted by Crippen LogP contribution is 2.20. The second kappa shape index (κ2) is 12.4. The minimum absolute atomic E-state index is 0.163. The Balaban J connectivity index is 0.000000233. The first-order valence-corrected chi connectivity index (χ1v) is 12.1. The molecule has 168 valence electrons. The Morgan fingerprint density at radius 1 is 1.00 bits per heavy atom. The molecule has 0 saturated heterocycles. The predicted octanol–water partition coefficient (Wildman–Crippen LogP) is 5.61. The molecule has 0 N–H and O–H groups in total. The summed E-state index contributed by atoms with van der Waals surface area (Å²) in [6, 6.07) is 18.0. The van der Waals surface area contributed by atoms with Crippen molar-refractivity contribution in [1.82, 2.24) is 0 Å². The molecule has 31 heavy (non-hydrogen) atoms. The lowest BCUT2D eigenvalue weighted by Crippen LogP contribution is -2.08. The third-order valence-electron chi connectivity index (χ3n) is 4.94. The highest BCUT2D eigenvalue weighted by molar-refractivity contribution is 7.86. The Morgan fingerprint density at radius 3 is 2.16 bits per heavy atom. The van der Waals surface area contributed by atoms with Crippen molar-refractivity contribution in [3.8, 4) is 0 Å². The minimum Gasteiger partial charge on any atom is -0.378 e. The quantitative estimate of drug-likeness (QED) is 0.430. The molecule has 0 amide bonds. The number of nitrogens with zero attached hydrogens (tertiary/aromatic N) is 3. The van der Waals surface area contributed by atoms with Gasteiger partial charge in [-0.3, -0.25) is 4.18 Å². The van der Waals surface area contributed by atoms with Gasteiger partial charge in [0.1, 0.15) is 0 Å². The minimum atomic E-state index is -3.53. The summed E-state index contributed by atoms with van der Waals surface area (Å²) in [4.78, 5) is 11.0. The van der Waals surface area contributed by atoms with Crippen molar-refractivity contribution in [3.05, 3.63) is 54.1 Å². The lowest BCUT2D eigenvalue weighted by molar-refractivity contribution is 0.338. The summed E-state index contributed by atoms with van der Waals surface area (Å²) in [6.07, 6.45) is 6.35. The van der Waals surface area contributed by atoms with E-state index in [4.69, 9.17) is 0 Å². The molecule has 1 aliphatic carbocycles. The highest BCUT2D eigenvalue weighted by atomic mass is 32.2. The van der Waals surface area contributed by atoms with E-state index in [0.29, 0.717) is 6.04 Å². The van der Waals surface area contributed by atoms with Crippen LogP contribution < -0.4 is 4.90 Å². The second-order valence-corrected chi connectivity index (χ2v) is 9.33. The summed E-state index contributed by atoms with van der Waals surface area (Å²) < 4.78 is 27.3. The summed E-state index contributed by atoms with van der Waals surface area (Å²) in [6.45, 7) is 3.71. The number of benzene rings is 2. The first-order chi connectivity index (χ1) is 14.8. The van der Waals surface area contributed by atoms with E-state index >= 15 is 0 Å². The van der Waals surface area contributed by atoms with Crippen molar-refractivity contribution in [2.75, 3.05) is 25.6 Å². The topological polar surface area (TPSA) is 71.3 Å². The van der Waals surface area contributed by atoms with Gasteiger partial charge in [-0.25, -0.2) is 4.99 Å². The summed E-state index contributed by atoms with van der Waals surface area (Å²) in [5.74, 6) is 0. The summed E-state index contributed by atoms with van der Waals surface area (Å²) in [5, 5.41) is 0. The summed E-state index contributed by atoms with van der Waals surface area (Å²) >= 11 is 0. The van der Waals surface area contributed by atoms with Crippen molar-refractivity contribution in [3.63, 3.8) is 0 Å². The summed E-state index contributed by atoms with van der Waals surface area (Å²) in [5.41, 5.74) is 3.12. The zero-order chi connectivity index (χ0) is 22.7. The Labute approximate surface area is 186 Å². The average molecular weight is 444 g/mol. The Hall–Kier alpha value is -2.47. The van der Waals surface area contributed by atoms with Crippen molar-refractivity contribution >= 4 is 27.5 Å². The number of aryl methyl sites for hydroxylation is 1. The van der Waals surface area contributed by atoms with Crippen LogP contribution >= 0.6 is 0 Å².